The molecule has 0 radical (unpaired) electrons. The molecule has 5 nitrogen and oxygen atoms in total. The smallest absolute Gasteiger partial charge is 0.323 e. The van der Waals surface area contributed by atoms with Gasteiger partial charge >= 0.3 is 12.0 Å². The number of hydrogen-bond donors (Lipinski definition) is 1. The number of nitrogens with zero attached hydrogens (tertiary/aromatic N) is 2. The van der Waals surface area contributed by atoms with Gasteiger partial charge in [-0.15, -0.1) is 6.58 Å². The number of hydrogen-bond acceptors (Lipinski definition) is 2. The Morgan fingerprint density at radius 2 is 1.94 bits per heavy atom. The van der Waals surface area contributed by atoms with E-state index in [2.05, 4.69) is 6.58 Å². The Kier molecular flexibility index (Phi) is 7.00. The molecule has 0 aliphatic carbocycles. The number of carbonyl (C=O) groups is 2. The standard InChI is InChI=1S/C11H20N2O3/c1-4-7-12(6-3)11(16)13(8-5-2)9-10(14)15/h5H,2,4,6-9H2,1,3H3,(H,14,15). The summed E-state index contributed by atoms with van der Waals surface area (Å²) in [6.45, 7) is 8.56. The van der Waals surface area contributed by atoms with Crippen molar-refractivity contribution in [2.45, 2.75) is 20.3 Å². The third kappa shape index (κ3) is 4.82. The topological polar surface area (TPSA) is 60.9 Å². The van der Waals surface area contributed by atoms with Gasteiger partial charge in [0.2, 0.25) is 0 Å². The third-order valence-electron chi connectivity index (χ3n) is 2.09. The Balaban J connectivity index is 4.55. The van der Waals surface area contributed by atoms with Crippen molar-refractivity contribution in [2.24, 2.45) is 0 Å². The van der Waals surface area contributed by atoms with E-state index in [1.807, 2.05) is 13.8 Å². The minimum Gasteiger partial charge on any atom is -0.480 e. The van der Waals surface area contributed by atoms with Gasteiger partial charge < -0.3 is 14.9 Å². The summed E-state index contributed by atoms with van der Waals surface area (Å²) >= 11 is 0. The molecule has 0 aromatic carbocycles. The Bertz CT molecular complexity index is 254. The van der Waals surface area contributed by atoms with Crippen molar-refractivity contribution in [3.8, 4) is 0 Å². The second-order valence-corrected chi connectivity index (χ2v) is 3.43. The number of rotatable bonds is 7. The van der Waals surface area contributed by atoms with Crippen LogP contribution in [0.25, 0.3) is 0 Å². The zero-order valence-electron chi connectivity index (χ0n) is 9.98. The highest BCUT2D eigenvalue weighted by molar-refractivity contribution is 5.80. The molecule has 0 aromatic rings. The van der Waals surface area contributed by atoms with Crippen molar-refractivity contribution in [1.29, 1.82) is 0 Å². The van der Waals surface area contributed by atoms with E-state index in [9.17, 15) is 9.59 Å². The number of carbonyl (C=O) groups excluding carboxylic acids is 1. The first-order valence-electron chi connectivity index (χ1n) is 5.43. The van der Waals surface area contributed by atoms with Crippen molar-refractivity contribution < 1.29 is 14.7 Å². The summed E-state index contributed by atoms with van der Waals surface area (Å²) in [6.07, 6.45) is 2.38. The van der Waals surface area contributed by atoms with Gasteiger partial charge in [-0.05, 0) is 13.3 Å². The van der Waals surface area contributed by atoms with Gasteiger partial charge in [0, 0.05) is 19.6 Å². The van der Waals surface area contributed by atoms with Gasteiger partial charge in [-0.1, -0.05) is 13.0 Å². The minimum atomic E-state index is -1.01. The van der Waals surface area contributed by atoms with Crippen LogP contribution in [0.4, 0.5) is 4.79 Å². The average molecular weight is 228 g/mol. The van der Waals surface area contributed by atoms with Crippen molar-refractivity contribution in [2.75, 3.05) is 26.2 Å². The normalized spacial score (nSPS) is 9.62. The molecule has 0 saturated heterocycles. The maximum absolute atomic E-state index is 11.9. The number of urea groups is 1. The highest BCUT2D eigenvalue weighted by atomic mass is 16.4. The van der Waals surface area contributed by atoms with E-state index in [-0.39, 0.29) is 19.1 Å². The van der Waals surface area contributed by atoms with E-state index in [1.54, 1.807) is 4.90 Å². The lowest BCUT2D eigenvalue weighted by atomic mass is 10.4. The molecule has 2 amide bonds. The molecule has 0 unspecified atom stereocenters. The van der Waals surface area contributed by atoms with Crippen LogP contribution in [0.3, 0.4) is 0 Å². The summed E-state index contributed by atoms with van der Waals surface area (Å²) < 4.78 is 0. The van der Waals surface area contributed by atoms with Gasteiger partial charge in [0.05, 0.1) is 0 Å². The highest BCUT2D eigenvalue weighted by Gasteiger charge is 2.20. The van der Waals surface area contributed by atoms with Crippen LogP contribution in [0, 0.1) is 0 Å². The molecule has 0 atom stereocenters. The van der Waals surface area contributed by atoms with Gasteiger partial charge in [-0.3, -0.25) is 4.79 Å². The summed E-state index contributed by atoms with van der Waals surface area (Å²) in [6, 6.07) is -0.244. The fraction of sp³-hybridized carbons (Fsp3) is 0.636. The molecule has 0 heterocycles. The van der Waals surface area contributed by atoms with E-state index < -0.39 is 5.97 Å². The van der Waals surface area contributed by atoms with Crippen LogP contribution in [0.1, 0.15) is 20.3 Å². The SMILES string of the molecule is C=CCN(CC(=O)O)C(=O)N(CC)CCC. The van der Waals surface area contributed by atoms with E-state index in [0.717, 1.165) is 6.42 Å². The lowest BCUT2D eigenvalue weighted by molar-refractivity contribution is -0.137. The fourth-order valence-corrected chi connectivity index (χ4v) is 1.39. The number of carboxylic acid groups (broad SMARTS) is 1. The van der Waals surface area contributed by atoms with Crippen molar-refractivity contribution in [3.05, 3.63) is 12.7 Å². The van der Waals surface area contributed by atoms with E-state index in [1.165, 1.54) is 11.0 Å². The number of carboxylic acids is 1. The molecule has 0 bridgehead atoms. The molecule has 0 aliphatic heterocycles. The molecule has 16 heavy (non-hydrogen) atoms. The van der Waals surface area contributed by atoms with Gasteiger partial charge in [-0.25, -0.2) is 4.79 Å². The third-order valence-corrected chi connectivity index (χ3v) is 2.09. The molecular formula is C11H20N2O3. The zero-order valence-corrected chi connectivity index (χ0v) is 9.98. The molecule has 0 aliphatic rings. The molecule has 92 valence electrons. The zero-order chi connectivity index (χ0) is 12.6. The minimum absolute atomic E-state index is 0.244. The van der Waals surface area contributed by atoms with E-state index >= 15 is 0 Å². The monoisotopic (exact) mass is 228 g/mol. The Morgan fingerprint density at radius 3 is 2.31 bits per heavy atom. The summed E-state index contributed by atoms with van der Waals surface area (Å²) in [5, 5.41) is 8.70. The molecular weight excluding hydrogens is 208 g/mol. The van der Waals surface area contributed by atoms with Crippen LogP contribution >= 0.6 is 0 Å². The molecule has 0 fully saturated rings. The average Bonchev–Trinajstić information content (AvgIpc) is 2.23. The van der Waals surface area contributed by atoms with Gasteiger partial charge in [0.25, 0.3) is 0 Å². The quantitative estimate of drug-likeness (QED) is 0.670. The molecule has 0 saturated carbocycles. The van der Waals surface area contributed by atoms with Crippen LogP contribution < -0.4 is 0 Å². The Hall–Kier alpha value is -1.52. The fourth-order valence-electron chi connectivity index (χ4n) is 1.39. The van der Waals surface area contributed by atoms with Crippen LogP contribution in [-0.2, 0) is 4.79 Å². The molecule has 0 spiro atoms. The van der Waals surface area contributed by atoms with Crippen molar-refractivity contribution in [3.63, 3.8) is 0 Å². The lowest BCUT2D eigenvalue weighted by Gasteiger charge is -2.27. The van der Waals surface area contributed by atoms with Crippen LogP contribution in [0.15, 0.2) is 12.7 Å². The van der Waals surface area contributed by atoms with Gasteiger partial charge in [-0.2, -0.15) is 0 Å². The second-order valence-electron chi connectivity index (χ2n) is 3.43. The van der Waals surface area contributed by atoms with Gasteiger partial charge in [0.15, 0.2) is 0 Å². The van der Waals surface area contributed by atoms with Crippen LogP contribution in [0.5, 0.6) is 0 Å². The van der Waals surface area contributed by atoms with E-state index in [4.69, 9.17) is 5.11 Å². The summed E-state index contributed by atoms with van der Waals surface area (Å²) in [7, 11) is 0. The maximum atomic E-state index is 11.9. The number of aliphatic carboxylic acids is 1. The first-order chi connectivity index (χ1) is 7.56. The molecule has 0 rings (SSSR count). The predicted octanol–water partition coefficient (Wildman–Crippen LogP) is 1.41. The largest absolute Gasteiger partial charge is 0.480 e. The summed E-state index contributed by atoms with van der Waals surface area (Å²) in [5.41, 5.74) is 0. The second kappa shape index (κ2) is 7.73. The van der Waals surface area contributed by atoms with Crippen molar-refractivity contribution in [1.82, 2.24) is 9.80 Å². The highest BCUT2D eigenvalue weighted by Crippen LogP contribution is 2.01. The number of amides is 2. The van der Waals surface area contributed by atoms with Crippen LogP contribution in [-0.4, -0.2) is 53.1 Å². The molecule has 5 heteroatoms. The summed E-state index contributed by atoms with van der Waals surface area (Å²) in [4.78, 5) is 25.4. The first kappa shape index (κ1) is 14.5. The maximum Gasteiger partial charge on any atom is 0.323 e. The van der Waals surface area contributed by atoms with E-state index in [0.29, 0.717) is 13.1 Å². The van der Waals surface area contributed by atoms with Crippen molar-refractivity contribution >= 4 is 12.0 Å². The summed E-state index contributed by atoms with van der Waals surface area (Å²) in [5.74, 6) is -1.01. The Labute approximate surface area is 96.3 Å². The predicted molar refractivity (Wildman–Crippen MR) is 62.3 cm³/mol. The molecule has 1 N–H and O–H groups in total. The lowest BCUT2D eigenvalue weighted by Crippen LogP contribution is -2.45. The van der Waals surface area contributed by atoms with Crippen LogP contribution in [0.2, 0.25) is 0 Å². The molecule has 0 aromatic heterocycles. The first-order valence-corrected chi connectivity index (χ1v) is 5.43. The van der Waals surface area contributed by atoms with Gasteiger partial charge in [0.1, 0.15) is 6.54 Å². The Morgan fingerprint density at radius 1 is 1.31 bits per heavy atom.